The molecule has 0 aromatic rings. The van der Waals surface area contributed by atoms with Gasteiger partial charge in [0.05, 0.1) is 6.42 Å². The molecule has 0 aromatic carbocycles. The number of amides is 2. The molecule has 0 radical (unpaired) electrons. The Balaban J connectivity index is 0.00000256. The lowest BCUT2D eigenvalue weighted by atomic mass is 10.1. The SMILES string of the molecule is CN(C)[NH2+]C(=O)CCC(=O)N1CCCCC1.[I-]. The maximum absolute atomic E-state index is 11.7. The molecule has 1 saturated heterocycles. The van der Waals surface area contributed by atoms with Gasteiger partial charge in [-0.25, -0.2) is 10.2 Å². The largest absolute Gasteiger partial charge is 1.00 e. The van der Waals surface area contributed by atoms with E-state index in [0.717, 1.165) is 25.9 Å². The van der Waals surface area contributed by atoms with E-state index >= 15 is 0 Å². The van der Waals surface area contributed by atoms with Gasteiger partial charge >= 0.3 is 5.91 Å². The Bertz CT molecular complexity index is 253. The van der Waals surface area contributed by atoms with E-state index in [1.165, 1.54) is 11.8 Å². The highest BCUT2D eigenvalue weighted by atomic mass is 127. The highest BCUT2D eigenvalue weighted by Crippen LogP contribution is 2.10. The molecule has 0 spiro atoms. The van der Waals surface area contributed by atoms with Gasteiger partial charge in [-0.05, 0) is 19.3 Å². The molecule has 1 rings (SSSR count). The first-order chi connectivity index (χ1) is 7.59. The van der Waals surface area contributed by atoms with Gasteiger partial charge in [0.1, 0.15) is 0 Å². The van der Waals surface area contributed by atoms with Gasteiger partial charge in [-0.1, -0.05) is 0 Å². The quantitative estimate of drug-likeness (QED) is 0.322. The Hall–Kier alpha value is -0.210. The standard InChI is InChI=1S/C11H21N3O2.HI/c1-13(2)12-10(15)6-7-11(16)14-8-4-3-5-9-14;/h3-9H2,1-2H3,(H,12,15);1H. The first kappa shape index (κ1) is 16.8. The van der Waals surface area contributed by atoms with Crippen molar-refractivity contribution in [3.63, 3.8) is 0 Å². The Morgan fingerprint density at radius 1 is 1.12 bits per heavy atom. The number of likely N-dealkylation sites (tertiary alicyclic amines) is 1. The molecule has 1 aliphatic heterocycles. The molecular weight excluding hydrogens is 333 g/mol. The van der Waals surface area contributed by atoms with Crippen LogP contribution in [-0.2, 0) is 9.59 Å². The lowest BCUT2D eigenvalue weighted by molar-refractivity contribution is -0.717. The summed E-state index contributed by atoms with van der Waals surface area (Å²) in [5.74, 6) is 0.149. The van der Waals surface area contributed by atoms with Crippen LogP contribution in [0.1, 0.15) is 32.1 Å². The van der Waals surface area contributed by atoms with Gasteiger partial charge in [0, 0.05) is 33.6 Å². The van der Waals surface area contributed by atoms with E-state index in [0.29, 0.717) is 12.8 Å². The Labute approximate surface area is 120 Å². The number of primary amides is 1. The topological polar surface area (TPSA) is 57.2 Å². The molecule has 0 aliphatic carbocycles. The Kier molecular flexibility index (Phi) is 8.71. The summed E-state index contributed by atoms with van der Waals surface area (Å²) < 4.78 is 0. The van der Waals surface area contributed by atoms with Crippen LogP contribution in [0, 0.1) is 0 Å². The molecule has 100 valence electrons. The van der Waals surface area contributed by atoms with Gasteiger partial charge in [-0.15, -0.1) is 0 Å². The average molecular weight is 355 g/mol. The zero-order valence-electron chi connectivity index (χ0n) is 10.6. The minimum atomic E-state index is 0. The fraction of sp³-hybridized carbons (Fsp3) is 0.818. The second-order valence-corrected chi connectivity index (χ2v) is 4.50. The summed E-state index contributed by atoms with van der Waals surface area (Å²) in [7, 11) is 3.62. The number of piperidine rings is 1. The fourth-order valence-corrected chi connectivity index (χ4v) is 1.88. The van der Waals surface area contributed by atoms with Crippen molar-refractivity contribution < 1.29 is 39.0 Å². The number of carbonyl (C=O) groups is 2. The number of quaternary nitrogens is 1. The predicted molar refractivity (Wildman–Crippen MR) is 60.3 cm³/mol. The minimum Gasteiger partial charge on any atom is -1.00 e. The minimum absolute atomic E-state index is 0. The van der Waals surface area contributed by atoms with Crippen LogP contribution in [0.25, 0.3) is 0 Å². The Morgan fingerprint density at radius 3 is 2.24 bits per heavy atom. The second-order valence-electron chi connectivity index (χ2n) is 4.50. The van der Waals surface area contributed by atoms with E-state index in [9.17, 15) is 9.59 Å². The van der Waals surface area contributed by atoms with Crippen LogP contribution in [0.2, 0.25) is 0 Å². The van der Waals surface area contributed by atoms with Gasteiger partial charge in [0.25, 0.3) is 0 Å². The lowest BCUT2D eigenvalue weighted by Gasteiger charge is -2.26. The number of hydrogen-bond donors (Lipinski definition) is 1. The number of halogens is 1. The molecule has 0 bridgehead atoms. The fourth-order valence-electron chi connectivity index (χ4n) is 1.88. The van der Waals surface area contributed by atoms with Gasteiger partial charge in [-0.2, -0.15) is 5.01 Å². The summed E-state index contributed by atoms with van der Waals surface area (Å²) in [6.45, 7) is 1.73. The summed E-state index contributed by atoms with van der Waals surface area (Å²) in [5, 5.41) is 1.72. The highest BCUT2D eigenvalue weighted by Gasteiger charge is 2.18. The van der Waals surface area contributed by atoms with E-state index in [1.807, 2.05) is 19.0 Å². The molecule has 1 heterocycles. The van der Waals surface area contributed by atoms with Crippen molar-refractivity contribution in [1.29, 1.82) is 0 Å². The molecule has 0 aromatic heterocycles. The first-order valence-corrected chi connectivity index (χ1v) is 5.91. The van der Waals surface area contributed by atoms with Crippen molar-refractivity contribution in [2.24, 2.45) is 0 Å². The normalized spacial score (nSPS) is 15.6. The van der Waals surface area contributed by atoms with Crippen LogP contribution >= 0.6 is 0 Å². The van der Waals surface area contributed by atoms with Crippen LogP contribution in [0.5, 0.6) is 0 Å². The molecule has 1 fully saturated rings. The van der Waals surface area contributed by atoms with Crippen LogP contribution < -0.4 is 29.4 Å². The van der Waals surface area contributed by atoms with Crippen molar-refractivity contribution >= 4 is 11.8 Å². The molecular formula is C11H22IN3O2. The van der Waals surface area contributed by atoms with Crippen molar-refractivity contribution in [3.8, 4) is 0 Å². The number of hydrogen-bond acceptors (Lipinski definition) is 3. The lowest BCUT2D eigenvalue weighted by Crippen LogP contribution is -3.00. The van der Waals surface area contributed by atoms with E-state index in [-0.39, 0.29) is 35.8 Å². The van der Waals surface area contributed by atoms with Crippen LogP contribution in [0.4, 0.5) is 0 Å². The molecule has 5 nitrogen and oxygen atoms in total. The smallest absolute Gasteiger partial charge is 0.330 e. The molecule has 6 heteroatoms. The van der Waals surface area contributed by atoms with Gasteiger partial charge in [0.15, 0.2) is 0 Å². The van der Waals surface area contributed by atoms with Crippen LogP contribution in [-0.4, -0.2) is 48.9 Å². The number of rotatable bonds is 4. The van der Waals surface area contributed by atoms with E-state index in [1.54, 1.807) is 5.01 Å². The number of carbonyl (C=O) groups excluding carboxylic acids is 2. The molecule has 0 saturated carbocycles. The third-order valence-electron chi connectivity index (χ3n) is 2.70. The maximum Gasteiger partial charge on any atom is 0.330 e. The third-order valence-corrected chi connectivity index (χ3v) is 2.70. The average Bonchev–Trinajstić information content (AvgIpc) is 2.26. The Morgan fingerprint density at radius 2 is 1.71 bits per heavy atom. The van der Waals surface area contributed by atoms with Crippen LogP contribution in [0.15, 0.2) is 0 Å². The van der Waals surface area contributed by atoms with Crippen molar-refractivity contribution in [3.05, 3.63) is 0 Å². The van der Waals surface area contributed by atoms with Gasteiger partial charge < -0.3 is 28.9 Å². The number of nitrogens with two attached hydrogens (primary N) is 1. The van der Waals surface area contributed by atoms with Crippen molar-refractivity contribution in [1.82, 2.24) is 9.91 Å². The predicted octanol–water partition coefficient (Wildman–Crippen LogP) is -3.65. The monoisotopic (exact) mass is 355 g/mol. The molecule has 2 amide bonds. The summed E-state index contributed by atoms with van der Waals surface area (Å²) in [5.41, 5.74) is 1.53. The molecule has 17 heavy (non-hydrogen) atoms. The second kappa shape index (κ2) is 8.82. The summed E-state index contributed by atoms with van der Waals surface area (Å²) in [6.07, 6.45) is 4.10. The van der Waals surface area contributed by atoms with Crippen LogP contribution in [0.3, 0.4) is 0 Å². The maximum atomic E-state index is 11.7. The molecule has 1 aliphatic rings. The highest BCUT2D eigenvalue weighted by molar-refractivity contribution is 5.80. The molecule has 0 unspecified atom stereocenters. The van der Waals surface area contributed by atoms with Gasteiger partial charge in [-0.3, -0.25) is 4.79 Å². The van der Waals surface area contributed by atoms with E-state index < -0.39 is 0 Å². The third kappa shape index (κ3) is 6.95. The zero-order valence-corrected chi connectivity index (χ0v) is 12.8. The van der Waals surface area contributed by atoms with E-state index in [4.69, 9.17) is 0 Å². The van der Waals surface area contributed by atoms with E-state index in [2.05, 4.69) is 0 Å². The summed E-state index contributed by atoms with van der Waals surface area (Å²) >= 11 is 0. The first-order valence-electron chi connectivity index (χ1n) is 5.91. The molecule has 0 atom stereocenters. The van der Waals surface area contributed by atoms with Crippen molar-refractivity contribution in [2.45, 2.75) is 32.1 Å². The van der Waals surface area contributed by atoms with Gasteiger partial charge in [0.2, 0.25) is 5.91 Å². The summed E-state index contributed by atoms with van der Waals surface area (Å²) in [4.78, 5) is 25.0. The number of nitrogens with zero attached hydrogens (tertiary/aromatic N) is 2. The van der Waals surface area contributed by atoms with Crippen molar-refractivity contribution in [2.75, 3.05) is 27.2 Å². The molecule has 2 N–H and O–H groups in total. The zero-order chi connectivity index (χ0) is 12.0. The summed E-state index contributed by atoms with van der Waals surface area (Å²) in [6, 6.07) is 0.